The van der Waals surface area contributed by atoms with Crippen LogP contribution >= 0.6 is 0 Å². The highest BCUT2D eigenvalue weighted by Gasteiger charge is 2.45. The molecule has 0 N–H and O–H groups in total. The lowest BCUT2D eigenvalue weighted by atomic mass is 9.78. The second-order valence-electron chi connectivity index (χ2n) is 6.97. The van der Waals surface area contributed by atoms with Gasteiger partial charge < -0.3 is 14.2 Å². The van der Waals surface area contributed by atoms with Gasteiger partial charge in [0.05, 0.1) is 20.6 Å². The summed E-state index contributed by atoms with van der Waals surface area (Å²) in [6.45, 7) is 2.03. The number of fused-ring (bicyclic) bond motifs is 1. The Hall–Kier alpha value is -3.27. The van der Waals surface area contributed by atoms with E-state index in [9.17, 15) is 4.79 Å². The molecule has 0 fully saturated rings. The van der Waals surface area contributed by atoms with Gasteiger partial charge in [-0.15, -0.1) is 0 Å². The number of carbonyl (C=O) groups excluding carboxylic acids is 1. The molecule has 3 aromatic rings. The Bertz CT molecular complexity index is 1030. The van der Waals surface area contributed by atoms with E-state index in [0.29, 0.717) is 22.8 Å². The van der Waals surface area contributed by atoms with Crippen LogP contribution in [0.4, 0.5) is 0 Å². The summed E-state index contributed by atoms with van der Waals surface area (Å²) in [5.41, 5.74) is 2.54. The van der Waals surface area contributed by atoms with Crippen LogP contribution in [0.5, 0.6) is 17.2 Å². The van der Waals surface area contributed by atoms with Gasteiger partial charge in [0.1, 0.15) is 22.8 Å². The first-order chi connectivity index (χ1) is 13.6. The highest BCUT2D eigenvalue weighted by atomic mass is 16.5. The van der Waals surface area contributed by atoms with E-state index in [2.05, 4.69) is 6.07 Å². The van der Waals surface area contributed by atoms with Crippen molar-refractivity contribution in [2.24, 2.45) is 0 Å². The number of methoxy groups -OCH3 is 2. The van der Waals surface area contributed by atoms with Crippen molar-refractivity contribution in [3.63, 3.8) is 0 Å². The number of hydrogen-bond donors (Lipinski definition) is 0. The summed E-state index contributed by atoms with van der Waals surface area (Å²) in [4.78, 5) is 13.3. The van der Waals surface area contributed by atoms with Crippen molar-refractivity contribution in [2.45, 2.75) is 18.9 Å². The Labute approximate surface area is 164 Å². The minimum Gasteiger partial charge on any atom is -0.496 e. The van der Waals surface area contributed by atoms with Gasteiger partial charge in [0.2, 0.25) is 0 Å². The van der Waals surface area contributed by atoms with E-state index in [0.717, 1.165) is 16.7 Å². The summed E-state index contributed by atoms with van der Waals surface area (Å²) in [5.74, 6) is 1.49. The second-order valence-corrected chi connectivity index (χ2v) is 6.97. The number of ether oxygens (including phenoxy) is 3. The van der Waals surface area contributed by atoms with Gasteiger partial charge in [-0.25, -0.2) is 0 Å². The fourth-order valence-corrected chi connectivity index (χ4v) is 3.83. The summed E-state index contributed by atoms with van der Waals surface area (Å²) in [6, 6.07) is 21.4. The number of ketones is 1. The standard InChI is InChI=1S/C24H22O4/c1-16-8-7-11-18(12-16)24(17-9-5-4-6-10-17)15-20(25)23-21(27-3)13-19(26-2)14-22(23)28-24/h4-14H,15H2,1-3H3. The normalized spacial score (nSPS) is 18.2. The lowest BCUT2D eigenvalue weighted by Gasteiger charge is -2.39. The molecule has 0 radical (unpaired) electrons. The summed E-state index contributed by atoms with van der Waals surface area (Å²) in [6.07, 6.45) is 0.191. The molecule has 1 heterocycles. The third kappa shape index (κ3) is 2.91. The smallest absolute Gasteiger partial charge is 0.175 e. The monoisotopic (exact) mass is 374 g/mol. The van der Waals surface area contributed by atoms with Gasteiger partial charge in [-0.2, -0.15) is 0 Å². The van der Waals surface area contributed by atoms with Crippen molar-refractivity contribution in [1.29, 1.82) is 0 Å². The van der Waals surface area contributed by atoms with Crippen LogP contribution in [0, 0.1) is 6.92 Å². The summed E-state index contributed by atoms with van der Waals surface area (Å²) in [7, 11) is 3.12. The molecule has 1 aliphatic rings. The minimum atomic E-state index is -0.908. The fourth-order valence-electron chi connectivity index (χ4n) is 3.83. The van der Waals surface area contributed by atoms with Crippen LogP contribution in [-0.4, -0.2) is 20.0 Å². The molecule has 142 valence electrons. The van der Waals surface area contributed by atoms with Crippen molar-refractivity contribution in [3.05, 3.63) is 89.0 Å². The van der Waals surface area contributed by atoms with Crippen LogP contribution < -0.4 is 14.2 Å². The van der Waals surface area contributed by atoms with Crippen LogP contribution in [0.1, 0.15) is 33.5 Å². The van der Waals surface area contributed by atoms with Gasteiger partial charge in [0.15, 0.2) is 11.4 Å². The zero-order valence-corrected chi connectivity index (χ0v) is 16.2. The second kappa shape index (κ2) is 7.04. The average molecular weight is 374 g/mol. The molecule has 4 heteroatoms. The van der Waals surface area contributed by atoms with Gasteiger partial charge in [-0.1, -0.05) is 60.2 Å². The van der Waals surface area contributed by atoms with Crippen LogP contribution in [0.2, 0.25) is 0 Å². The molecule has 1 aliphatic heterocycles. The van der Waals surface area contributed by atoms with Gasteiger partial charge in [0, 0.05) is 23.3 Å². The summed E-state index contributed by atoms with van der Waals surface area (Å²) < 4.78 is 17.5. The fraction of sp³-hybridized carbons (Fsp3) is 0.208. The van der Waals surface area contributed by atoms with Crippen molar-refractivity contribution < 1.29 is 19.0 Å². The number of benzene rings is 3. The van der Waals surface area contributed by atoms with E-state index >= 15 is 0 Å². The molecule has 0 spiro atoms. The van der Waals surface area contributed by atoms with Crippen molar-refractivity contribution in [2.75, 3.05) is 14.2 Å². The SMILES string of the molecule is COc1cc(OC)c2c(c1)OC(c1ccccc1)(c1cccc(C)c1)CC2=O. The first-order valence-corrected chi connectivity index (χ1v) is 9.18. The number of hydrogen-bond acceptors (Lipinski definition) is 4. The Kier molecular flexibility index (Phi) is 4.55. The molecular weight excluding hydrogens is 352 g/mol. The summed E-state index contributed by atoms with van der Waals surface area (Å²) in [5, 5.41) is 0. The number of aryl methyl sites for hydroxylation is 1. The van der Waals surface area contributed by atoms with E-state index in [1.54, 1.807) is 26.4 Å². The first kappa shape index (κ1) is 18.1. The Morgan fingerprint density at radius 1 is 0.893 bits per heavy atom. The predicted octanol–water partition coefficient (Wildman–Crippen LogP) is 4.92. The summed E-state index contributed by atoms with van der Waals surface area (Å²) >= 11 is 0. The van der Waals surface area contributed by atoms with E-state index in [4.69, 9.17) is 14.2 Å². The quantitative estimate of drug-likeness (QED) is 0.650. The molecule has 0 aliphatic carbocycles. The molecule has 0 aromatic heterocycles. The van der Waals surface area contributed by atoms with E-state index in [-0.39, 0.29) is 12.2 Å². The maximum Gasteiger partial charge on any atom is 0.175 e. The third-order valence-electron chi connectivity index (χ3n) is 5.19. The van der Waals surface area contributed by atoms with Crippen LogP contribution in [0.3, 0.4) is 0 Å². The van der Waals surface area contributed by atoms with Gasteiger partial charge in [-0.3, -0.25) is 4.79 Å². The van der Waals surface area contributed by atoms with Crippen LogP contribution in [0.25, 0.3) is 0 Å². The Balaban J connectivity index is 1.96. The van der Waals surface area contributed by atoms with Gasteiger partial charge in [0.25, 0.3) is 0 Å². The first-order valence-electron chi connectivity index (χ1n) is 9.18. The lowest BCUT2D eigenvalue weighted by Crippen LogP contribution is -2.40. The molecule has 0 bridgehead atoms. The number of carbonyl (C=O) groups is 1. The van der Waals surface area contributed by atoms with Gasteiger partial charge in [-0.05, 0) is 6.92 Å². The highest BCUT2D eigenvalue weighted by molar-refractivity contribution is 6.03. The predicted molar refractivity (Wildman–Crippen MR) is 108 cm³/mol. The van der Waals surface area contributed by atoms with E-state index < -0.39 is 5.60 Å². The lowest BCUT2D eigenvalue weighted by molar-refractivity contribution is 0.0609. The maximum atomic E-state index is 13.3. The van der Waals surface area contributed by atoms with E-state index in [1.807, 2.05) is 55.5 Å². The zero-order chi connectivity index (χ0) is 19.7. The third-order valence-corrected chi connectivity index (χ3v) is 5.19. The Morgan fingerprint density at radius 2 is 1.64 bits per heavy atom. The molecule has 4 nitrogen and oxygen atoms in total. The molecular formula is C24H22O4. The molecule has 0 saturated heterocycles. The van der Waals surface area contributed by atoms with Gasteiger partial charge >= 0.3 is 0 Å². The topological polar surface area (TPSA) is 44.8 Å². The van der Waals surface area contributed by atoms with Crippen LogP contribution in [-0.2, 0) is 5.60 Å². The number of Topliss-reactive ketones (excluding diaryl/α,β-unsaturated/α-hetero) is 1. The largest absolute Gasteiger partial charge is 0.496 e. The van der Waals surface area contributed by atoms with Crippen molar-refractivity contribution >= 4 is 5.78 Å². The van der Waals surface area contributed by atoms with Crippen LogP contribution in [0.15, 0.2) is 66.7 Å². The van der Waals surface area contributed by atoms with E-state index in [1.165, 1.54) is 0 Å². The average Bonchev–Trinajstić information content (AvgIpc) is 2.73. The molecule has 1 unspecified atom stereocenters. The van der Waals surface area contributed by atoms with Crippen molar-refractivity contribution in [1.82, 2.24) is 0 Å². The highest BCUT2D eigenvalue weighted by Crippen LogP contribution is 2.48. The molecule has 3 aromatic carbocycles. The minimum absolute atomic E-state index is 0.0221. The van der Waals surface area contributed by atoms with Crippen molar-refractivity contribution in [3.8, 4) is 17.2 Å². The maximum absolute atomic E-state index is 13.3. The zero-order valence-electron chi connectivity index (χ0n) is 16.2. The number of rotatable bonds is 4. The molecule has 28 heavy (non-hydrogen) atoms. The Morgan fingerprint density at radius 3 is 2.32 bits per heavy atom. The molecule has 0 amide bonds. The molecule has 0 saturated carbocycles. The molecule has 1 atom stereocenters. The molecule has 4 rings (SSSR count).